The van der Waals surface area contributed by atoms with Crippen LogP contribution in [-0.4, -0.2) is 38.1 Å². The second kappa shape index (κ2) is 8.77. The highest BCUT2D eigenvalue weighted by Crippen LogP contribution is 2.33. The summed E-state index contributed by atoms with van der Waals surface area (Å²) in [5, 5.41) is 0. The molecule has 0 aliphatic heterocycles. The molecular weight excluding hydrogens is 326 g/mol. The smallest absolute Gasteiger partial charge is 0.247 e. The molecule has 0 fully saturated rings. The van der Waals surface area contributed by atoms with Crippen LogP contribution in [0.3, 0.4) is 0 Å². The largest absolute Gasteiger partial charge is 0.493 e. The average molecular weight is 349 g/mol. The molecular formula is C22H23NO3. The van der Waals surface area contributed by atoms with Gasteiger partial charge in [-0.2, -0.15) is 0 Å². The van der Waals surface area contributed by atoms with Gasteiger partial charge in [0.1, 0.15) is 0 Å². The summed E-state index contributed by atoms with van der Waals surface area (Å²) in [5.74, 6) is 3.64. The van der Waals surface area contributed by atoms with Gasteiger partial charge < -0.3 is 14.4 Å². The van der Waals surface area contributed by atoms with Gasteiger partial charge in [-0.15, -0.1) is 6.42 Å². The Kier molecular flexibility index (Phi) is 6.46. The fraction of sp³-hybridized carbons (Fsp3) is 0.227. The predicted octanol–water partition coefficient (Wildman–Crippen LogP) is 3.62. The Bertz CT molecular complexity index is 834. The van der Waals surface area contributed by atoms with Gasteiger partial charge in [0, 0.05) is 13.1 Å². The van der Waals surface area contributed by atoms with Crippen molar-refractivity contribution in [3.05, 3.63) is 65.7 Å². The fourth-order valence-corrected chi connectivity index (χ4v) is 2.48. The summed E-state index contributed by atoms with van der Waals surface area (Å²) < 4.78 is 10.7. The minimum atomic E-state index is -0.291. The minimum absolute atomic E-state index is 0.163. The molecule has 134 valence electrons. The number of terminal acetylenes is 1. The summed E-state index contributed by atoms with van der Waals surface area (Å²) in [7, 11) is 4.87. The van der Waals surface area contributed by atoms with Crippen molar-refractivity contribution in [2.24, 2.45) is 0 Å². The number of carbonyl (C=O) groups excluding carboxylic acids is 1. The van der Waals surface area contributed by atoms with Crippen LogP contribution in [0.4, 0.5) is 0 Å². The van der Waals surface area contributed by atoms with Crippen molar-refractivity contribution in [3.63, 3.8) is 0 Å². The minimum Gasteiger partial charge on any atom is -0.493 e. The van der Waals surface area contributed by atoms with Gasteiger partial charge in [-0.25, -0.2) is 0 Å². The number of ether oxygens (including phenoxy) is 2. The van der Waals surface area contributed by atoms with Crippen LogP contribution in [-0.2, 0) is 4.79 Å². The third-order valence-electron chi connectivity index (χ3n) is 4.22. The highest BCUT2D eigenvalue weighted by Gasteiger charge is 2.15. The Morgan fingerprint density at radius 1 is 1.08 bits per heavy atom. The van der Waals surface area contributed by atoms with Crippen LogP contribution in [0, 0.1) is 12.3 Å². The molecule has 2 rings (SSSR count). The molecule has 1 amide bonds. The van der Waals surface area contributed by atoms with Crippen molar-refractivity contribution >= 4 is 11.5 Å². The number of rotatable bonds is 6. The molecule has 1 atom stereocenters. The van der Waals surface area contributed by atoms with Gasteiger partial charge in [-0.05, 0) is 35.8 Å². The van der Waals surface area contributed by atoms with Crippen molar-refractivity contribution in [1.29, 1.82) is 0 Å². The van der Waals surface area contributed by atoms with E-state index in [2.05, 4.69) is 5.92 Å². The molecule has 2 aromatic rings. The first-order valence-electron chi connectivity index (χ1n) is 8.24. The maximum absolute atomic E-state index is 12.7. The van der Waals surface area contributed by atoms with E-state index in [-0.39, 0.29) is 11.9 Å². The monoisotopic (exact) mass is 349 g/mol. The third-order valence-corrected chi connectivity index (χ3v) is 4.22. The van der Waals surface area contributed by atoms with Crippen LogP contribution < -0.4 is 9.47 Å². The van der Waals surface area contributed by atoms with Crippen molar-refractivity contribution < 1.29 is 14.3 Å². The Morgan fingerprint density at radius 2 is 1.73 bits per heavy atom. The third kappa shape index (κ3) is 4.25. The Labute approximate surface area is 155 Å². The summed E-state index contributed by atoms with van der Waals surface area (Å²) in [4.78, 5) is 14.2. The molecule has 0 aliphatic carbocycles. The topological polar surface area (TPSA) is 38.8 Å². The lowest BCUT2D eigenvalue weighted by Crippen LogP contribution is -2.32. The zero-order valence-corrected chi connectivity index (χ0v) is 15.5. The molecule has 0 saturated heterocycles. The van der Waals surface area contributed by atoms with Gasteiger partial charge in [0.25, 0.3) is 0 Å². The van der Waals surface area contributed by atoms with Crippen LogP contribution in [0.1, 0.15) is 18.1 Å². The highest BCUT2D eigenvalue weighted by atomic mass is 16.5. The van der Waals surface area contributed by atoms with Crippen molar-refractivity contribution in [3.8, 4) is 23.8 Å². The van der Waals surface area contributed by atoms with E-state index in [0.29, 0.717) is 11.5 Å². The van der Waals surface area contributed by atoms with E-state index < -0.39 is 0 Å². The lowest BCUT2D eigenvalue weighted by molar-refractivity contribution is -0.125. The van der Waals surface area contributed by atoms with E-state index >= 15 is 0 Å². The van der Waals surface area contributed by atoms with Gasteiger partial charge in [0.05, 0.1) is 20.3 Å². The predicted molar refractivity (Wildman–Crippen MR) is 104 cm³/mol. The summed E-state index contributed by atoms with van der Waals surface area (Å²) >= 11 is 0. The van der Waals surface area contributed by atoms with E-state index in [4.69, 9.17) is 15.9 Å². The van der Waals surface area contributed by atoms with E-state index in [9.17, 15) is 4.79 Å². The van der Waals surface area contributed by atoms with E-state index in [0.717, 1.165) is 16.7 Å². The Hall–Kier alpha value is -3.19. The van der Waals surface area contributed by atoms with Gasteiger partial charge in [-0.1, -0.05) is 42.3 Å². The molecule has 0 N–H and O–H groups in total. The first-order chi connectivity index (χ1) is 12.5. The van der Waals surface area contributed by atoms with Crippen LogP contribution in [0.25, 0.3) is 5.57 Å². The van der Waals surface area contributed by atoms with Gasteiger partial charge in [0.15, 0.2) is 11.5 Å². The summed E-state index contributed by atoms with van der Waals surface area (Å²) in [6.45, 7) is 1.81. The molecule has 1 unspecified atom stereocenters. The molecule has 4 nitrogen and oxygen atoms in total. The average Bonchev–Trinajstić information content (AvgIpc) is 2.70. The van der Waals surface area contributed by atoms with Crippen LogP contribution in [0.15, 0.2) is 54.6 Å². The first kappa shape index (κ1) is 19.1. The van der Waals surface area contributed by atoms with E-state index in [1.54, 1.807) is 27.3 Å². The normalized spacial score (nSPS) is 12.0. The van der Waals surface area contributed by atoms with E-state index in [1.807, 2.05) is 55.5 Å². The van der Waals surface area contributed by atoms with Crippen molar-refractivity contribution in [1.82, 2.24) is 4.90 Å². The number of likely N-dealkylation sites (N-methyl/N-ethyl adjacent to an activating group) is 1. The highest BCUT2D eigenvalue weighted by molar-refractivity contribution is 5.99. The lowest BCUT2D eigenvalue weighted by atomic mass is 9.96. The maximum atomic E-state index is 12.7. The number of hydrogen-bond donors (Lipinski definition) is 0. The van der Waals surface area contributed by atoms with E-state index in [1.165, 1.54) is 4.90 Å². The van der Waals surface area contributed by atoms with Crippen LogP contribution in [0.2, 0.25) is 0 Å². The molecule has 0 spiro atoms. The Morgan fingerprint density at radius 3 is 2.31 bits per heavy atom. The van der Waals surface area contributed by atoms with Gasteiger partial charge >= 0.3 is 0 Å². The zero-order valence-electron chi connectivity index (χ0n) is 15.5. The molecule has 0 aliphatic rings. The summed E-state index contributed by atoms with van der Waals surface area (Å²) in [6.07, 6.45) is 7.04. The number of carbonyl (C=O) groups is 1. The van der Waals surface area contributed by atoms with Crippen molar-refractivity contribution in [2.75, 3.05) is 21.3 Å². The number of nitrogens with zero attached hydrogens (tertiary/aromatic N) is 1. The summed E-state index contributed by atoms with van der Waals surface area (Å²) in [5.41, 5.74) is 2.56. The number of amides is 1. The molecule has 0 radical (unpaired) electrons. The second-order valence-electron chi connectivity index (χ2n) is 5.79. The maximum Gasteiger partial charge on any atom is 0.247 e. The van der Waals surface area contributed by atoms with Gasteiger partial charge in [0.2, 0.25) is 5.91 Å². The molecule has 4 heteroatoms. The van der Waals surface area contributed by atoms with Crippen LogP contribution in [0.5, 0.6) is 11.5 Å². The van der Waals surface area contributed by atoms with Crippen LogP contribution >= 0.6 is 0 Å². The molecule has 0 heterocycles. The fourth-order valence-electron chi connectivity index (χ4n) is 2.48. The molecule has 0 aromatic heterocycles. The second-order valence-corrected chi connectivity index (χ2v) is 5.79. The lowest BCUT2D eigenvalue weighted by Gasteiger charge is -2.20. The Balaban J connectivity index is 2.55. The SMILES string of the molecule is C#CC(C)N(C)C(=O)/C=C(/c1ccccc1)c1ccc(OC)c(OC)c1. The first-order valence-corrected chi connectivity index (χ1v) is 8.24. The van der Waals surface area contributed by atoms with Gasteiger partial charge in [-0.3, -0.25) is 4.79 Å². The summed E-state index contributed by atoms with van der Waals surface area (Å²) in [6, 6.07) is 15.0. The molecule has 2 aromatic carbocycles. The molecule has 0 bridgehead atoms. The molecule has 0 saturated carbocycles. The standard InChI is InChI=1S/C22H23NO3/c1-6-16(2)23(3)22(24)15-19(17-10-8-7-9-11-17)18-12-13-20(25-4)21(14-18)26-5/h1,7-16H,2-5H3/b19-15-. The number of methoxy groups -OCH3 is 2. The number of hydrogen-bond acceptors (Lipinski definition) is 3. The molecule has 26 heavy (non-hydrogen) atoms. The zero-order chi connectivity index (χ0) is 19.1. The quantitative estimate of drug-likeness (QED) is 0.591. The number of benzene rings is 2. The van der Waals surface area contributed by atoms with Crippen molar-refractivity contribution in [2.45, 2.75) is 13.0 Å².